The van der Waals surface area contributed by atoms with Crippen LogP contribution in [0.25, 0.3) is 47.2 Å². The minimum absolute atomic E-state index is 0.793. The van der Waals surface area contributed by atoms with Gasteiger partial charge >= 0.3 is 0 Å². The van der Waals surface area contributed by atoms with Crippen molar-refractivity contribution >= 4 is 62.3 Å². The topological polar surface area (TPSA) is 29.0 Å². The van der Waals surface area contributed by atoms with E-state index in [0.29, 0.717) is 0 Å². The summed E-state index contributed by atoms with van der Waals surface area (Å²) in [5.41, 5.74) is 6.67. The average Bonchev–Trinajstić information content (AvgIpc) is 3.87. The largest absolute Gasteiger partial charge is 0.376 e. The van der Waals surface area contributed by atoms with Crippen LogP contribution in [-0.4, -0.2) is 26.7 Å². The molecule has 0 spiro atoms. The van der Waals surface area contributed by atoms with E-state index in [2.05, 4.69) is 107 Å². The van der Waals surface area contributed by atoms with Gasteiger partial charge in [0, 0.05) is 59.2 Å². The van der Waals surface area contributed by atoms with Crippen molar-refractivity contribution in [1.82, 2.24) is 13.6 Å². The summed E-state index contributed by atoms with van der Waals surface area (Å²) in [6, 6.07) is 18.0. The quantitative estimate of drug-likeness (QED) is 0.105. The molecule has 0 aliphatic heterocycles. The summed E-state index contributed by atoms with van der Waals surface area (Å²) in [5, 5.41) is 0. The Morgan fingerprint density at radius 2 is 1.43 bits per heavy atom. The van der Waals surface area contributed by atoms with E-state index >= 15 is 0 Å². The van der Waals surface area contributed by atoms with E-state index < -0.39 is 0 Å². The predicted molar refractivity (Wildman–Crippen MR) is 199 cm³/mol. The summed E-state index contributed by atoms with van der Waals surface area (Å²) < 4.78 is 9.55. The molecule has 0 saturated carbocycles. The van der Waals surface area contributed by atoms with Crippen LogP contribution in [-0.2, 0) is 6.42 Å². The molecule has 0 N–H and O–H groups in total. The number of rotatable bonds is 15. The second-order valence-corrected chi connectivity index (χ2v) is 15.0. The van der Waals surface area contributed by atoms with Crippen molar-refractivity contribution in [2.24, 2.45) is 5.92 Å². The normalized spacial score (nSPS) is 13.1. The van der Waals surface area contributed by atoms with E-state index in [1.807, 2.05) is 28.7 Å². The van der Waals surface area contributed by atoms with Crippen LogP contribution in [0.2, 0.25) is 0 Å². The second kappa shape index (κ2) is 15.4. The van der Waals surface area contributed by atoms with Gasteiger partial charge in [-0.25, -0.2) is 0 Å². The number of fused-ring (bicyclic) bond motifs is 1. The lowest BCUT2D eigenvalue weighted by atomic mass is 9.95. The molecule has 1 aromatic carbocycles. The van der Waals surface area contributed by atoms with Gasteiger partial charge in [-0.1, -0.05) is 70.4 Å². The van der Waals surface area contributed by atoms with Gasteiger partial charge in [0.1, 0.15) is 11.0 Å². The molecule has 0 fully saturated rings. The molecule has 230 valence electrons. The SMILES string of the molecule is C=C/C(=C\C=C(/C)N(CC)CC)c1ccc(-c2ccc(-c3ccc(-c4ccc(CC(CC)CCCC)s4)s3)c3nsnc23)s1. The van der Waals surface area contributed by atoms with Gasteiger partial charge in [0.05, 0.1) is 11.7 Å². The van der Waals surface area contributed by atoms with Crippen LogP contribution < -0.4 is 0 Å². The van der Waals surface area contributed by atoms with Gasteiger partial charge in [-0.05, 0) is 81.2 Å². The molecule has 0 bridgehead atoms. The third-order valence-electron chi connectivity index (χ3n) is 8.37. The van der Waals surface area contributed by atoms with E-state index in [4.69, 9.17) is 8.75 Å². The highest BCUT2D eigenvalue weighted by Gasteiger charge is 2.17. The summed E-state index contributed by atoms with van der Waals surface area (Å²) in [6.45, 7) is 17.3. The molecule has 44 heavy (non-hydrogen) atoms. The fraction of sp³-hybridized carbons (Fsp3) is 0.351. The molecule has 1 atom stereocenters. The monoisotopic (exact) mass is 657 g/mol. The van der Waals surface area contributed by atoms with Crippen molar-refractivity contribution in [2.75, 3.05) is 13.1 Å². The minimum atomic E-state index is 0.793. The van der Waals surface area contributed by atoms with Crippen LogP contribution >= 0.6 is 45.7 Å². The number of hydrogen-bond acceptors (Lipinski definition) is 7. The van der Waals surface area contributed by atoms with Crippen LogP contribution in [0.4, 0.5) is 0 Å². The van der Waals surface area contributed by atoms with Gasteiger partial charge in [-0.2, -0.15) is 8.75 Å². The van der Waals surface area contributed by atoms with Crippen molar-refractivity contribution in [1.29, 1.82) is 0 Å². The van der Waals surface area contributed by atoms with Gasteiger partial charge in [0.25, 0.3) is 0 Å². The van der Waals surface area contributed by atoms with Gasteiger partial charge in [0.2, 0.25) is 0 Å². The third kappa shape index (κ3) is 7.34. The molecule has 5 aromatic rings. The molecule has 4 aromatic heterocycles. The number of nitrogens with zero attached hydrogens (tertiary/aromatic N) is 3. The Morgan fingerprint density at radius 3 is 2.09 bits per heavy atom. The van der Waals surface area contributed by atoms with Crippen LogP contribution in [0.5, 0.6) is 0 Å². The summed E-state index contributed by atoms with van der Waals surface area (Å²) in [4.78, 5) is 10.2. The highest BCUT2D eigenvalue weighted by Crippen LogP contribution is 2.43. The van der Waals surface area contributed by atoms with Crippen molar-refractivity contribution in [3.8, 4) is 30.6 Å². The van der Waals surface area contributed by atoms with Crippen LogP contribution in [0.1, 0.15) is 70.1 Å². The Morgan fingerprint density at radius 1 is 0.795 bits per heavy atom. The second-order valence-electron chi connectivity index (χ2n) is 11.1. The zero-order chi connectivity index (χ0) is 31.1. The Labute approximate surface area is 279 Å². The maximum absolute atomic E-state index is 4.78. The van der Waals surface area contributed by atoms with Gasteiger partial charge in [0.15, 0.2) is 0 Å². The van der Waals surface area contributed by atoms with Crippen LogP contribution in [0.15, 0.2) is 79.0 Å². The molecule has 0 saturated heterocycles. The average molecular weight is 658 g/mol. The summed E-state index contributed by atoms with van der Waals surface area (Å²) in [6.07, 6.45) is 12.7. The molecule has 0 aliphatic carbocycles. The Kier molecular flexibility index (Phi) is 11.4. The Bertz CT molecular complexity index is 1740. The van der Waals surface area contributed by atoms with Crippen LogP contribution in [0.3, 0.4) is 0 Å². The molecule has 3 nitrogen and oxygen atoms in total. The lowest BCUT2D eigenvalue weighted by Gasteiger charge is -2.21. The zero-order valence-corrected chi connectivity index (χ0v) is 29.8. The van der Waals surface area contributed by atoms with Crippen molar-refractivity contribution < 1.29 is 0 Å². The molecule has 0 amide bonds. The Balaban J connectivity index is 1.38. The minimum Gasteiger partial charge on any atom is -0.376 e. The molecule has 0 radical (unpaired) electrons. The lowest BCUT2D eigenvalue weighted by molar-refractivity contribution is 0.384. The molecular formula is C37H43N3S4. The van der Waals surface area contributed by atoms with Crippen molar-refractivity contribution in [3.63, 3.8) is 0 Å². The first-order valence-electron chi connectivity index (χ1n) is 15.8. The predicted octanol–water partition coefficient (Wildman–Crippen LogP) is 12.5. The summed E-state index contributed by atoms with van der Waals surface area (Å²) in [7, 11) is 0. The highest BCUT2D eigenvalue weighted by molar-refractivity contribution is 7.24. The standard InChI is InChI=1S/C37H43N3S4/c1-7-12-13-26(8-2)24-28-16-19-34(41-28)35-23-22-33(43-35)30-18-17-29(36-37(30)39-44-38-36)32-21-20-31(42-32)27(9-3)15-14-25(6)40(10-4)11-5/h9,14-23,26H,3,7-8,10-13,24H2,1-2,4-6H3/b25-14+,27-15+. The van der Waals surface area contributed by atoms with E-state index in [1.165, 1.54) is 78.8 Å². The van der Waals surface area contributed by atoms with Gasteiger partial charge in [-0.3, -0.25) is 0 Å². The Hall–Kier alpha value is -2.84. The number of allylic oxidation sites excluding steroid dienone is 5. The smallest absolute Gasteiger partial charge is 0.114 e. The fourth-order valence-electron chi connectivity index (χ4n) is 5.65. The van der Waals surface area contributed by atoms with E-state index in [9.17, 15) is 0 Å². The van der Waals surface area contributed by atoms with E-state index in [0.717, 1.165) is 46.7 Å². The zero-order valence-electron chi connectivity index (χ0n) is 26.6. The molecule has 1 unspecified atom stereocenters. The lowest BCUT2D eigenvalue weighted by Crippen LogP contribution is -2.20. The van der Waals surface area contributed by atoms with Crippen molar-refractivity contribution in [3.05, 3.63) is 88.8 Å². The maximum Gasteiger partial charge on any atom is 0.114 e. The number of benzene rings is 1. The molecule has 7 heteroatoms. The third-order valence-corrected chi connectivity index (χ3v) is 12.5. The molecular weight excluding hydrogens is 615 g/mol. The first-order chi connectivity index (χ1) is 21.5. The number of unbranched alkanes of at least 4 members (excludes halogenated alkanes) is 1. The molecule has 4 heterocycles. The first kappa shape index (κ1) is 32.6. The molecule has 5 rings (SSSR count). The first-order valence-corrected chi connectivity index (χ1v) is 19.0. The summed E-state index contributed by atoms with van der Waals surface area (Å²) in [5.74, 6) is 0.793. The van der Waals surface area contributed by atoms with Crippen molar-refractivity contribution in [2.45, 2.75) is 66.7 Å². The van der Waals surface area contributed by atoms with Crippen LogP contribution in [0, 0.1) is 5.92 Å². The maximum atomic E-state index is 4.78. The number of aromatic nitrogens is 2. The highest BCUT2D eigenvalue weighted by atomic mass is 32.1. The molecule has 0 aliphatic rings. The van der Waals surface area contributed by atoms with E-state index in [-0.39, 0.29) is 0 Å². The summed E-state index contributed by atoms with van der Waals surface area (Å²) >= 11 is 6.90. The van der Waals surface area contributed by atoms with Gasteiger partial charge < -0.3 is 4.90 Å². The van der Waals surface area contributed by atoms with Gasteiger partial charge in [-0.15, -0.1) is 34.0 Å². The number of thiophene rings is 3. The number of hydrogen-bond donors (Lipinski definition) is 0. The fourth-order valence-corrected chi connectivity index (χ4v) is 9.53. The van der Waals surface area contributed by atoms with E-state index in [1.54, 1.807) is 11.3 Å².